The van der Waals surface area contributed by atoms with Crippen molar-refractivity contribution in [2.75, 3.05) is 19.8 Å². The lowest BCUT2D eigenvalue weighted by molar-refractivity contribution is 0.110. The first-order valence-electron chi connectivity index (χ1n) is 5.87. The smallest absolute Gasteiger partial charge is 0.413 e. The molecule has 120 valence electrons. The summed E-state index contributed by atoms with van der Waals surface area (Å²) in [5.41, 5.74) is 5.34. The zero-order valence-electron chi connectivity index (χ0n) is 11.0. The van der Waals surface area contributed by atoms with E-state index < -0.39 is 21.6 Å². The third-order valence-corrected chi connectivity index (χ3v) is 3.60. The van der Waals surface area contributed by atoms with Gasteiger partial charge in [-0.25, -0.2) is 9.13 Å². The Morgan fingerprint density at radius 1 is 1.15 bits per heavy atom. The first-order chi connectivity index (χ1) is 9.20. The third-order valence-electron chi connectivity index (χ3n) is 2.23. The molecular weight excluding hydrogens is 312 g/mol. The maximum absolute atomic E-state index is 11.3. The molecule has 0 aromatic heterocycles. The third kappa shape index (κ3) is 11.6. The predicted octanol–water partition coefficient (Wildman–Crippen LogP) is 1.12. The van der Waals surface area contributed by atoms with Crippen LogP contribution >= 0.6 is 15.6 Å². The quantitative estimate of drug-likeness (QED) is 0.234. The van der Waals surface area contributed by atoms with E-state index in [4.69, 9.17) is 15.5 Å². The van der Waals surface area contributed by atoms with Gasteiger partial charge in [-0.2, -0.15) is 0 Å². The lowest BCUT2D eigenvalue weighted by Crippen LogP contribution is -2.16. The van der Waals surface area contributed by atoms with E-state index in [0.29, 0.717) is 25.8 Å². The fraction of sp³-hybridized carbons (Fsp3) is 0.778. The van der Waals surface area contributed by atoms with Crippen molar-refractivity contribution in [1.82, 2.24) is 0 Å². The Labute approximate surface area is 117 Å². The van der Waals surface area contributed by atoms with Gasteiger partial charge in [-0.3, -0.25) is 13.9 Å². The van der Waals surface area contributed by atoms with E-state index in [1.165, 1.54) is 0 Å². The van der Waals surface area contributed by atoms with Gasteiger partial charge in [0.05, 0.1) is 19.5 Å². The van der Waals surface area contributed by atoms with E-state index in [-0.39, 0.29) is 13.2 Å². The molecule has 0 aliphatic carbocycles. The fourth-order valence-corrected chi connectivity index (χ4v) is 2.37. The fourth-order valence-electron chi connectivity index (χ4n) is 1.32. The second-order valence-electron chi connectivity index (χ2n) is 3.97. The lowest BCUT2D eigenvalue weighted by Gasteiger charge is -2.18. The number of phosphoric acid groups is 2. The average Bonchev–Trinajstić information content (AvgIpc) is 2.31. The van der Waals surface area contributed by atoms with Gasteiger partial charge in [0.2, 0.25) is 0 Å². The van der Waals surface area contributed by atoms with Gasteiger partial charge in [0, 0.05) is 5.92 Å². The maximum atomic E-state index is 11.3. The molecule has 20 heavy (non-hydrogen) atoms. The monoisotopic (exact) mass is 333 g/mol. The van der Waals surface area contributed by atoms with Gasteiger partial charge >= 0.3 is 15.6 Å². The first kappa shape index (κ1) is 19.8. The molecule has 2 atom stereocenters. The second-order valence-corrected chi connectivity index (χ2v) is 6.62. The zero-order valence-corrected chi connectivity index (χ0v) is 12.7. The van der Waals surface area contributed by atoms with Crippen LogP contribution in [0.3, 0.4) is 0 Å². The van der Waals surface area contributed by atoms with Gasteiger partial charge in [-0.05, 0) is 19.4 Å². The predicted molar refractivity (Wildman–Crippen MR) is 71.5 cm³/mol. The Hall–Kier alpha value is -0.240. The molecule has 9 nitrogen and oxygen atoms in total. The highest BCUT2D eigenvalue weighted by atomic mass is 31.2. The Morgan fingerprint density at radius 3 is 2.25 bits per heavy atom. The van der Waals surface area contributed by atoms with E-state index in [0.717, 1.165) is 6.26 Å². The van der Waals surface area contributed by atoms with Crippen LogP contribution in [0, 0.1) is 5.92 Å². The number of phosphoric ester groups is 2. The Balaban J connectivity index is 4.33. The molecule has 0 aliphatic heterocycles. The second kappa shape index (κ2) is 9.65. The average molecular weight is 333 g/mol. The summed E-state index contributed by atoms with van der Waals surface area (Å²) in [7, 11) is -8.84. The van der Waals surface area contributed by atoms with Crippen molar-refractivity contribution in [2.45, 2.75) is 19.3 Å². The van der Waals surface area contributed by atoms with Gasteiger partial charge in [0.15, 0.2) is 0 Å². The SMILES string of the molecule is C=COP(=O)(O)OCC(CCCCN)COP(=O)(O)O. The molecule has 0 aromatic rings. The number of hydrogen-bond donors (Lipinski definition) is 4. The number of nitrogens with two attached hydrogens (primary N) is 1. The molecule has 11 heteroatoms. The van der Waals surface area contributed by atoms with E-state index >= 15 is 0 Å². The van der Waals surface area contributed by atoms with Crippen LogP contribution in [0.15, 0.2) is 12.8 Å². The van der Waals surface area contributed by atoms with E-state index in [9.17, 15) is 14.0 Å². The highest BCUT2D eigenvalue weighted by Crippen LogP contribution is 2.44. The van der Waals surface area contributed by atoms with Gasteiger partial charge in [-0.15, -0.1) is 0 Å². The van der Waals surface area contributed by atoms with Crippen LogP contribution in [0.5, 0.6) is 0 Å². The van der Waals surface area contributed by atoms with Crippen molar-refractivity contribution in [2.24, 2.45) is 11.7 Å². The molecule has 0 aliphatic rings. The van der Waals surface area contributed by atoms with Gasteiger partial charge in [0.1, 0.15) is 0 Å². The summed E-state index contributed by atoms with van der Waals surface area (Å²) in [6.45, 7) is 3.06. The van der Waals surface area contributed by atoms with Crippen LogP contribution in [-0.4, -0.2) is 34.4 Å². The molecule has 0 saturated carbocycles. The number of rotatable bonds is 12. The highest BCUT2D eigenvalue weighted by Gasteiger charge is 2.25. The van der Waals surface area contributed by atoms with Crippen LogP contribution in [0.4, 0.5) is 0 Å². The van der Waals surface area contributed by atoms with Crippen LogP contribution in [-0.2, 0) is 22.7 Å². The van der Waals surface area contributed by atoms with E-state index in [1.807, 2.05) is 0 Å². The lowest BCUT2D eigenvalue weighted by atomic mass is 10.0. The minimum Gasteiger partial charge on any atom is -0.413 e. The first-order valence-corrected chi connectivity index (χ1v) is 8.89. The molecule has 0 rings (SSSR count). The van der Waals surface area contributed by atoms with Crippen molar-refractivity contribution < 1.29 is 37.4 Å². The molecule has 0 amide bonds. The summed E-state index contributed by atoms with van der Waals surface area (Å²) in [6.07, 6.45) is 2.64. The van der Waals surface area contributed by atoms with Crippen molar-refractivity contribution in [3.63, 3.8) is 0 Å². The van der Waals surface area contributed by atoms with Crippen LogP contribution in [0.1, 0.15) is 19.3 Å². The Bertz CT molecular complexity index is 371. The highest BCUT2D eigenvalue weighted by molar-refractivity contribution is 7.47. The number of hydrogen-bond acceptors (Lipinski definition) is 6. The van der Waals surface area contributed by atoms with Crippen LogP contribution in [0.25, 0.3) is 0 Å². The Kier molecular flexibility index (Phi) is 9.54. The van der Waals surface area contributed by atoms with Gasteiger partial charge in [0.25, 0.3) is 0 Å². The summed E-state index contributed by atoms with van der Waals surface area (Å²) in [5.74, 6) is -0.469. The summed E-state index contributed by atoms with van der Waals surface area (Å²) in [6, 6.07) is 0. The van der Waals surface area contributed by atoms with Crippen molar-refractivity contribution in [3.05, 3.63) is 12.8 Å². The van der Waals surface area contributed by atoms with Gasteiger partial charge in [-0.1, -0.05) is 13.0 Å². The normalized spacial score (nSPS) is 16.4. The molecule has 0 radical (unpaired) electrons. The summed E-state index contributed by atoms with van der Waals surface area (Å²) in [4.78, 5) is 26.5. The summed E-state index contributed by atoms with van der Waals surface area (Å²) < 4.78 is 35.3. The molecule has 0 fully saturated rings. The minimum atomic E-state index is -4.59. The topological polar surface area (TPSA) is 149 Å². The molecule has 0 heterocycles. The van der Waals surface area contributed by atoms with Crippen molar-refractivity contribution >= 4 is 15.6 Å². The Morgan fingerprint density at radius 2 is 1.75 bits per heavy atom. The largest absolute Gasteiger partial charge is 0.526 e. The number of unbranched alkanes of at least 4 members (excludes halogenated alkanes) is 1. The van der Waals surface area contributed by atoms with Crippen LogP contribution in [0.2, 0.25) is 0 Å². The van der Waals surface area contributed by atoms with Gasteiger partial charge < -0.3 is 20.0 Å². The molecule has 0 saturated heterocycles. The molecule has 2 unspecified atom stereocenters. The molecule has 5 N–H and O–H groups in total. The van der Waals surface area contributed by atoms with Crippen molar-refractivity contribution in [3.8, 4) is 0 Å². The maximum Gasteiger partial charge on any atom is 0.526 e. The summed E-state index contributed by atoms with van der Waals surface area (Å²) in [5, 5.41) is 0. The zero-order chi connectivity index (χ0) is 15.6. The standard InChI is InChI=1S/C9H21NO8P2/c1-2-16-20(14,15)18-8-9(5-3-4-6-10)7-17-19(11,12)13/h2,9H,1,3-8,10H2,(H,14,15)(H2,11,12,13). The molecule has 0 bridgehead atoms. The van der Waals surface area contributed by atoms with Crippen LogP contribution < -0.4 is 5.73 Å². The van der Waals surface area contributed by atoms with E-state index in [1.54, 1.807) is 0 Å². The minimum absolute atomic E-state index is 0.244. The van der Waals surface area contributed by atoms with E-state index in [2.05, 4.69) is 20.2 Å². The molecule has 0 spiro atoms. The molecule has 0 aromatic carbocycles. The summed E-state index contributed by atoms with van der Waals surface area (Å²) >= 11 is 0. The van der Waals surface area contributed by atoms with Crippen molar-refractivity contribution in [1.29, 1.82) is 0 Å². The molecular formula is C9H21NO8P2.